The molecule has 0 heterocycles. The Bertz CT molecular complexity index is 294. The van der Waals surface area contributed by atoms with Crippen LogP contribution in [0, 0.1) is 0 Å². The van der Waals surface area contributed by atoms with Crippen LogP contribution >= 0.6 is 12.2 Å². The summed E-state index contributed by atoms with van der Waals surface area (Å²) in [6, 6.07) is 0. The molecule has 1 saturated carbocycles. The van der Waals surface area contributed by atoms with Crippen molar-refractivity contribution in [2.24, 2.45) is 10.8 Å². The fraction of sp³-hybridized carbons (Fsp3) is 0.714. The van der Waals surface area contributed by atoms with E-state index in [9.17, 15) is 25.5 Å². The van der Waals surface area contributed by atoms with Crippen LogP contribution in [-0.2, 0) is 0 Å². The summed E-state index contributed by atoms with van der Waals surface area (Å²) >= 11 is 4.45. The summed E-state index contributed by atoms with van der Waals surface area (Å²) < 4.78 is 0. The second-order valence-corrected chi connectivity index (χ2v) is 3.81. The number of rotatable bonds is 1. The first-order chi connectivity index (χ1) is 7.36. The number of nitrogens with two attached hydrogens (primary N) is 1. The van der Waals surface area contributed by atoms with Gasteiger partial charge >= 0.3 is 0 Å². The van der Waals surface area contributed by atoms with Gasteiger partial charge in [0.05, 0.1) is 0 Å². The summed E-state index contributed by atoms with van der Waals surface area (Å²) in [4.78, 5) is 0. The van der Waals surface area contributed by atoms with E-state index in [1.165, 1.54) is 0 Å². The first-order valence-electron chi connectivity index (χ1n) is 4.39. The molecule has 16 heavy (non-hydrogen) atoms. The topological polar surface area (TPSA) is 152 Å². The minimum Gasteiger partial charge on any atom is -0.387 e. The highest BCUT2D eigenvalue weighted by Gasteiger charge is 2.46. The van der Waals surface area contributed by atoms with Crippen LogP contribution in [0.25, 0.3) is 0 Å². The van der Waals surface area contributed by atoms with E-state index in [1.807, 2.05) is 0 Å². The van der Waals surface area contributed by atoms with Gasteiger partial charge in [-0.2, -0.15) is 5.10 Å². The minimum atomic E-state index is -1.66. The van der Waals surface area contributed by atoms with Gasteiger partial charge in [0.2, 0.25) is 0 Å². The molecule has 8 nitrogen and oxygen atoms in total. The van der Waals surface area contributed by atoms with Gasteiger partial charge in [-0.25, -0.2) is 0 Å². The van der Waals surface area contributed by atoms with Crippen LogP contribution in [0.15, 0.2) is 5.10 Å². The molecule has 0 spiro atoms. The largest absolute Gasteiger partial charge is 0.387 e. The number of thiocarbonyl (C=S) groups is 1. The number of nitrogens with zero attached hydrogens (tertiary/aromatic N) is 1. The lowest BCUT2D eigenvalue weighted by atomic mass is 9.86. The highest BCUT2D eigenvalue weighted by molar-refractivity contribution is 7.80. The molecule has 1 aliphatic carbocycles. The van der Waals surface area contributed by atoms with E-state index < -0.39 is 30.5 Å². The Morgan fingerprint density at radius 2 is 1.50 bits per heavy atom. The van der Waals surface area contributed by atoms with Crippen LogP contribution in [0.2, 0.25) is 0 Å². The van der Waals surface area contributed by atoms with Crippen LogP contribution in [0.4, 0.5) is 0 Å². The molecule has 9 heteroatoms. The van der Waals surface area contributed by atoms with E-state index in [1.54, 1.807) is 0 Å². The Morgan fingerprint density at radius 3 is 1.88 bits per heavy atom. The molecule has 0 aromatic rings. The third-order valence-electron chi connectivity index (χ3n) is 2.25. The molecule has 4 unspecified atom stereocenters. The maximum Gasteiger partial charge on any atom is 0.184 e. The Kier molecular flexibility index (Phi) is 4.13. The average molecular weight is 251 g/mol. The van der Waals surface area contributed by atoms with E-state index >= 15 is 0 Å². The van der Waals surface area contributed by atoms with E-state index in [-0.39, 0.29) is 10.8 Å². The van der Waals surface area contributed by atoms with Crippen molar-refractivity contribution in [1.82, 2.24) is 5.43 Å². The van der Waals surface area contributed by atoms with E-state index in [0.717, 1.165) is 0 Å². The zero-order valence-electron chi connectivity index (χ0n) is 8.06. The van der Waals surface area contributed by atoms with Crippen molar-refractivity contribution >= 4 is 23.0 Å². The molecule has 0 saturated heterocycles. The summed E-state index contributed by atoms with van der Waals surface area (Å²) in [6.07, 6.45) is -8.19. The second kappa shape index (κ2) is 4.99. The van der Waals surface area contributed by atoms with Crippen molar-refractivity contribution in [2.45, 2.75) is 30.5 Å². The molecule has 0 aromatic heterocycles. The van der Waals surface area contributed by atoms with Gasteiger partial charge in [0.15, 0.2) is 5.11 Å². The fourth-order valence-electron chi connectivity index (χ4n) is 1.35. The number of hydrazone groups is 1. The zero-order valence-corrected chi connectivity index (χ0v) is 8.87. The molecule has 0 bridgehead atoms. The Hall–Kier alpha value is -0.840. The highest BCUT2D eigenvalue weighted by atomic mass is 32.1. The van der Waals surface area contributed by atoms with Crippen molar-refractivity contribution in [3.63, 3.8) is 0 Å². The molecule has 1 aliphatic rings. The summed E-state index contributed by atoms with van der Waals surface area (Å²) in [6.45, 7) is 0. The second-order valence-electron chi connectivity index (χ2n) is 3.37. The third kappa shape index (κ3) is 2.45. The summed E-state index contributed by atoms with van der Waals surface area (Å²) in [7, 11) is 0. The molecule has 0 aromatic carbocycles. The first kappa shape index (κ1) is 13.2. The lowest BCUT2D eigenvalue weighted by molar-refractivity contribution is -0.130. The normalized spacial score (nSPS) is 39.3. The number of aliphatic hydroxyl groups is 5. The lowest BCUT2D eigenvalue weighted by Gasteiger charge is -2.36. The van der Waals surface area contributed by atoms with Gasteiger partial charge in [-0.15, -0.1) is 0 Å². The number of nitrogens with one attached hydrogen (secondary N) is 1. The molecule has 8 N–H and O–H groups in total. The Morgan fingerprint density at radius 1 is 1.06 bits per heavy atom. The maximum atomic E-state index is 9.47. The van der Waals surface area contributed by atoms with E-state index in [4.69, 9.17) is 5.73 Å². The van der Waals surface area contributed by atoms with Gasteiger partial charge in [0.1, 0.15) is 36.2 Å². The van der Waals surface area contributed by atoms with Crippen LogP contribution in [-0.4, -0.2) is 66.9 Å². The first-order valence-corrected chi connectivity index (χ1v) is 4.80. The van der Waals surface area contributed by atoms with Crippen LogP contribution in [0.1, 0.15) is 0 Å². The van der Waals surface area contributed by atoms with Crippen LogP contribution in [0.5, 0.6) is 0 Å². The van der Waals surface area contributed by atoms with Crippen molar-refractivity contribution < 1.29 is 25.5 Å². The van der Waals surface area contributed by atoms with Gasteiger partial charge in [0.25, 0.3) is 0 Å². The predicted octanol–water partition coefficient (Wildman–Crippen LogP) is -4.01. The molecule has 4 atom stereocenters. The summed E-state index contributed by atoms with van der Waals surface area (Å²) in [5.41, 5.74) is 6.83. The monoisotopic (exact) mass is 251 g/mol. The highest BCUT2D eigenvalue weighted by Crippen LogP contribution is 2.18. The Labute approximate surface area is 96.0 Å². The minimum absolute atomic E-state index is 0.206. The van der Waals surface area contributed by atoms with Gasteiger partial charge in [-0.3, -0.25) is 5.43 Å². The van der Waals surface area contributed by atoms with Crippen LogP contribution < -0.4 is 11.2 Å². The molecular formula is C7H13N3O5S. The zero-order chi connectivity index (χ0) is 12.5. The van der Waals surface area contributed by atoms with E-state index in [2.05, 4.69) is 22.7 Å². The van der Waals surface area contributed by atoms with Crippen LogP contribution in [0.3, 0.4) is 0 Å². The quantitative estimate of drug-likeness (QED) is 0.184. The molecule has 1 fully saturated rings. The lowest BCUT2D eigenvalue weighted by Crippen LogP contribution is -2.62. The molecular weight excluding hydrogens is 238 g/mol. The van der Waals surface area contributed by atoms with Gasteiger partial charge in [-0.1, -0.05) is 0 Å². The number of hydrogen-bond acceptors (Lipinski definition) is 7. The molecule has 0 amide bonds. The molecule has 0 radical (unpaired) electrons. The number of aliphatic hydroxyl groups excluding tert-OH is 5. The summed E-state index contributed by atoms with van der Waals surface area (Å²) in [5.74, 6) is 0. The van der Waals surface area contributed by atoms with Gasteiger partial charge < -0.3 is 31.3 Å². The molecule has 0 aliphatic heterocycles. The fourth-order valence-corrected chi connectivity index (χ4v) is 1.40. The predicted molar refractivity (Wildman–Crippen MR) is 57.4 cm³/mol. The SMILES string of the molecule is NC(=S)NN=C1C(O)C(O)C(O)C(O)C1O. The van der Waals surface area contributed by atoms with Crippen molar-refractivity contribution in [3.05, 3.63) is 0 Å². The summed E-state index contributed by atoms with van der Waals surface area (Å²) in [5, 5.41) is 50.1. The smallest absolute Gasteiger partial charge is 0.184 e. The molecule has 92 valence electrons. The van der Waals surface area contributed by atoms with Gasteiger partial charge in [-0.05, 0) is 12.2 Å². The maximum absolute atomic E-state index is 9.47. The standard InChI is InChI=1S/C7H13N3O5S/c8-7(16)10-9-1-2(11)4(13)6(15)5(14)3(1)12/h2-6,11-15H,(H3,8,10,16). The number of hydrogen-bond donors (Lipinski definition) is 7. The average Bonchev–Trinajstić information content (AvgIpc) is 2.23. The Balaban J connectivity index is 2.90. The van der Waals surface area contributed by atoms with Crippen molar-refractivity contribution in [3.8, 4) is 0 Å². The molecule has 1 rings (SSSR count). The van der Waals surface area contributed by atoms with Crippen molar-refractivity contribution in [1.29, 1.82) is 0 Å². The van der Waals surface area contributed by atoms with Crippen molar-refractivity contribution in [2.75, 3.05) is 0 Å². The van der Waals surface area contributed by atoms with Gasteiger partial charge in [0, 0.05) is 0 Å². The van der Waals surface area contributed by atoms with E-state index in [0.29, 0.717) is 0 Å². The third-order valence-corrected chi connectivity index (χ3v) is 2.34.